The van der Waals surface area contributed by atoms with E-state index in [0.717, 1.165) is 5.70 Å². The first-order chi connectivity index (χ1) is 8.89. The summed E-state index contributed by atoms with van der Waals surface area (Å²) >= 11 is 0. The number of ketones is 1. The number of nitrogens with zero attached hydrogens (tertiary/aromatic N) is 3. The molecule has 0 aromatic rings. The molecule has 0 aromatic carbocycles. The number of Topliss-reactive ketones (excluding diaryl/α,β-unsaturated/α-hetero) is 1. The maximum Gasteiger partial charge on any atom is 0.288 e. The zero-order valence-electron chi connectivity index (χ0n) is 10.9. The summed E-state index contributed by atoms with van der Waals surface area (Å²) in [5.41, 5.74) is 1.08. The molecular weight excluding hydrogens is 246 g/mol. The van der Waals surface area contributed by atoms with Crippen LogP contribution in [-0.2, 0) is 4.79 Å². The number of hydrogen-bond donors (Lipinski definition) is 0. The van der Waals surface area contributed by atoms with Crippen molar-refractivity contribution in [3.05, 3.63) is 33.5 Å². The molecule has 3 rings (SSSR count). The molecule has 2 heterocycles. The average molecular weight is 261 g/mol. The predicted molar refractivity (Wildman–Crippen MR) is 69.4 cm³/mol. The van der Waals surface area contributed by atoms with E-state index in [2.05, 4.69) is 4.99 Å². The Bertz CT molecular complexity index is 572. The van der Waals surface area contributed by atoms with Crippen LogP contribution >= 0.6 is 0 Å². The van der Waals surface area contributed by atoms with Crippen LogP contribution in [0.2, 0.25) is 0 Å². The van der Waals surface area contributed by atoms with Crippen LogP contribution < -0.4 is 0 Å². The summed E-state index contributed by atoms with van der Waals surface area (Å²) in [4.78, 5) is 29.0. The monoisotopic (exact) mass is 261 g/mol. The van der Waals surface area contributed by atoms with Gasteiger partial charge in [0.2, 0.25) is 0 Å². The zero-order valence-corrected chi connectivity index (χ0v) is 10.9. The smallest absolute Gasteiger partial charge is 0.288 e. The minimum Gasteiger partial charge on any atom is -0.322 e. The van der Waals surface area contributed by atoms with E-state index in [4.69, 9.17) is 0 Å². The van der Waals surface area contributed by atoms with Crippen molar-refractivity contribution in [2.24, 2.45) is 10.4 Å². The Kier molecular flexibility index (Phi) is 2.39. The van der Waals surface area contributed by atoms with Crippen molar-refractivity contribution >= 4 is 11.6 Å². The molecule has 19 heavy (non-hydrogen) atoms. The Morgan fingerprint density at radius 2 is 2.26 bits per heavy atom. The first kappa shape index (κ1) is 12.1. The molecule has 1 unspecified atom stereocenters. The molecule has 6 heteroatoms. The van der Waals surface area contributed by atoms with Crippen molar-refractivity contribution in [1.82, 2.24) is 4.90 Å². The van der Waals surface area contributed by atoms with Gasteiger partial charge in [-0.15, -0.1) is 0 Å². The molecule has 0 N–H and O–H groups in total. The fraction of sp³-hybridized carbons (Fsp3) is 0.538. The van der Waals surface area contributed by atoms with Crippen molar-refractivity contribution in [3.8, 4) is 0 Å². The van der Waals surface area contributed by atoms with Gasteiger partial charge in [0, 0.05) is 35.2 Å². The van der Waals surface area contributed by atoms with Crippen LogP contribution in [0.5, 0.6) is 0 Å². The molecule has 100 valence electrons. The standard InChI is InChI=1S/C13H15N3O3/c1-13(2)6-10-8(11(17)7-13)5-9(16(18)19)12-14-3-4-15(10)12/h5-6,9H,3-4,7H2,1-2H3. The average Bonchev–Trinajstić information content (AvgIpc) is 2.75. The number of amidine groups is 1. The molecule has 1 aliphatic carbocycles. The van der Waals surface area contributed by atoms with E-state index < -0.39 is 6.04 Å². The summed E-state index contributed by atoms with van der Waals surface area (Å²) < 4.78 is 0. The van der Waals surface area contributed by atoms with Crippen LogP contribution in [0.15, 0.2) is 28.4 Å². The zero-order chi connectivity index (χ0) is 13.8. The van der Waals surface area contributed by atoms with Crippen LogP contribution in [0.25, 0.3) is 0 Å². The van der Waals surface area contributed by atoms with E-state index in [1.54, 1.807) is 0 Å². The highest BCUT2D eigenvalue weighted by Gasteiger charge is 2.44. The van der Waals surface area contributed by atoms with Gasteiger partial charge in [-0.25, -0.2) is 0 Å². The second-order valence-electron chi connectivity index (χ2n) is 5.82. The molecule has 0 saturated carbocycles. The molecule has 6 nitrogen and oxygen atoms in total. The third-order valence-corrected chi connectivity index (χ3v) is 3.70. The fourth-order valence-electron chi connectivity index (χ4n) is 2.90. The van der Waals surface area contributed by atoms with E-state index in [1.807, 2.05) is 24.8 Å². The summed E-state index contributed by atoms with van der Waals surface area (Å²) in [7, 11) is 0. The highest BCUT2D eigenvalue weighted by molar-refractivity contribution is 6.06. The maximum atomic E-state index is 12.2. The van der Waals surface area contributed by atoms with Gasteiger partial charge < -0.3 is 4.90 Å². The van der Waals surface area contributed by atoms with Gasteiger partial charge in [0.15, 0.2) is 11.6 Å². The minimum absolute atomic E-state index is 0.0136. The Labute approximate surface area is 110 Å². The van der Waals surface area contributed by atoms with Crippen LogP contribution in [0.4, 0.5) is 0 Å². The van der Waals surface area contributed by atoms with E-state index in [9.17, 15) is 14.9 Å². The van der Waals surface area contributed by atoms with Gasteiger partial charge in [0.05, 0.1) is 6.54 Å². The lowest BCUT2D eigenvalue weighted by atomic mass is 9.77. The third-order valence-electron chi connectivity index (χ3n) is 3.70. The number of allylic oxidation sites excluding steroid dienone is 2. The molecule has 0 saturated heterocycles. The number of carbonyl (C=O) groups excluding carboxylic acids is 1. The lowest BCUT2D eigenvalue weighted by molar-refractivity contribution is -0.491. The Morgan fingerprint density at radius 3 is 2.95 bits per heavy atom. The molecule has 0 spiro atoms. The molecule has 2 aliphatic heterocycles. The Morgan fingerprint density at radius 1 is 1.53 bits per heavy atom. The first-order valence-electron chi connectivity index (χ1n) is 6.33. The molecule has 3 aliphatic rings. The summed E-state index contributed by atoms with van der Waals surface area (Å²) in [6, 6.07) is -0.986. The van der Waals surface area contributed by atoms with Crippen LogP contribution in [0.3, 0.4) is 0 Å². The summed E-state index contributed by atoms with van der Waals surface area (Å²) in [5, 5.41) is 11.1. The van der Waals surface area contributed by atoms with E-state index in [0.29, 0.717) is 30.9 Å². The Balaban J connectivity index is 2.16. The second kappa shape index (κ2) is 3.76. The highest BCUT2D eigenvalue weighted by Crippen LogP contribution is 2.39. The SMILES string of the molecule is CC1(C)C=C2C(=CC([N+](=O)[O-])C3=NCCN23)C(=O)C1. The number of fused-ring (bicyclic) bond motifs is 3. The topological polar surface area (TPSA) is 75.8 Å². The van der Waals surface area contributed by atoms with E-state index in [-0.39, 0.29) is 16.1 Å². The molecule has 0 aromatic heterocycles. The van der Waals surface area contributed by atoms with Gasteiger partial charge in [-0.3, -0.25) is 19.9 Å². The highest BCUT2D eigenvalue weighted by atomic mass is 16.6. The minimum atomic E-state index is -0.986. The molecule has 1 atom stereocenters. The molecule has 0 bridgehead atoms. The maximum absolute atomic E-state index is 12.2. The van der Waals surface area contributed by atoms with E-state index in [1.165, 1.54) is 6.08 Å². The van der Waals surface area contributed by atoms with Gasteiger partial charge >= 0.3 is 0 Å². The van der Waals surface area contributed by atoms with Crippen LogP contribution in [0.1, 0.15) is 20.3 Å². The van der Waals surface area contributed by atoms with Crippen molar-refractivity contribution in [1.29, 1.82) is 0 Å². The summed E-state index contributed by atoms with van der Waals surface area (Å²) in [6.07, 6.45) is 3.90. The second-order valence-corrected chi connectivity index (χ2v) is 5.82. The fourth-order valence-corrected chi connectivity index (χ4v) is 2.90. The van der Waals surface area contributed by atoms with Crippen molar-refractivity contribution in [2.75, 3.05) is 13.1 Å². The number of nitro groups is 1. The summed E-state index contributed by atoms with van der Waals surface area (Å²) in [5.74, 6) is 0.450. The Hall–Kier alpha value is -1.98. The van der Waals surface area contributed by atoms with Gasteiger partial charge in [-0.1, -0.05) is 19.9 Å². The first-order valence-corrected chi connectivity index (χ1v) is 6.33. The number of carbonyl (C=O) groups is 1. The molecular formula is C13H15N3O3. The number of rotatable bonds is 1. The lowest BCUT2D eigenvalue weighted by Crippen LogP contribution is -2.46. The van der Waals surface area contributed by atoms with Crippen LogP contribution in [-0.4, -0.2) is 40.6 Å². The van der Waals surface area contributed by atoms with Crippen LogP contribution in [0, 0.1) is 15.5 Å². The molecule has 0 fully saturated rings. The predicted octanol–water partition coefficient (Wildman–Crippen LogP) is 1.17. The van der Waals surface area contributed by atoms with Gasteiger partial charge in [-0.2, -0.15) is 0 Å². The quantitative estimate of drug-likeness (QED) is 0.524. The number of hydrogen-bond acceptors (Lipinski definition) is 5. The third kappa shape index (κ3) is 1.78. The van der Waals surface area contributed by atoms with Gasteiger partial charge in [-0.05, 0) is 5.41 Å². The molecule has 0 amide bonds. The van der Waals surface area contributed by atoms with Crippen molar-refractivity contribution < 1.29 is 9.72 Å². The van der Waals surface area contributed by atoms with Gasteiger partial charge in [0.1, 0.15) is 0 Å². The number of aliphatic imine (C=N–C) groups is 1. The van der Waals surface area contributed by atoms with Crippen molar-refractivity contribution in [2.45, 2.75) is 26.3 Å². The van der Waals surface area contributed by atoms with Gasteiger partial charge in [0.25, 0.3) is 6.04 Å². The van der Waals surface area contributed by atoms with Crippen molar-refractivity contribution in [3.63, 3.8) is 0 Å². The summed E-state index contributed by atoms with van der Waals surface area (Å²) in [6.45, 7) is 5.17. The lowest BCUT2D eigenvalue weighted by Gasteiger charge is -2.36. The normalized spacial score (nSPS) is 28.1. The largest absolute Gasteiger partial charge is 0.322 e. The molecule has 0 radical (unpaired) electrons. The van der Waals surface area contributed by atoms with E-state index >= 15 is 0 Å².